The highest BCUT2D eigenvalue weighted by Gasteiger charge is 2.45. The van der Waals surface area contributed by atoms with E-state index in [0.717, 1.165) is 16.5 Å². The van der Waals surface area contributed by atoms with E-state index >= 15 is 0 Å². The molecule has 190 valence electrons. The van der Waals surface area contributed by atoms with Crippen molar-refractivity contribution >= 4 is 28.7 Å². The molecule has 9 heteroatoms. The number of ether oxygens (including phenoxy) is 2. The van der Waals surface area contributed by atoms with Gasteiger partial charge in [0.1, 0.15) is 23.8 Å². The number of primary amides is 1. The van der Waals surface area contributed by atoms with Crippen molar-refractivity contribution in [1.82, 2.24) is 15.2 Å². The molecule has 0 aliphatic carbocycles. The van der Waals surface area contributed by atoms with Gasteiger partial charge in [-0.1, -0.05) is 39.0 Å². The molecule has 3 amide bonds. The highest BCUT2D eigenvalue weighted by molar-refractivity contribution is 5.92. The number of aromatic nitrogens is 1. The van der Waals surface area contributed by atoms with Crippen LogP contribution in [-0.2, 0) is 14.3 Å². The molecule has 3 rings (SSSR count). The van der Waals surface area contributed by atoms with Gasteiger partial charge in [-0.15, -0.1) is 0 Å². The largest absolute Gasteiger partial charge is 0.472 e. The van der Waals surface area contributed by atoms with Crippen molar-refractivity contribution in [1.29, 1.82) is 0 Å². The van der Waals surface area contributed by atoms with Gasteiger partial charge >= 0.3 is 6.09 Å². The van der Waals surface area contributed by atoms with Crippen LogP contribution in [0.2, 0.25) is 0 Å². The summed E-state index contributed by atoms with van der Waals surface area (Å²) in [4.78, 5) is 44.4. The second-order valence-corrected chi connectivity index (χ2v) is 11.1. The van der Waals surface area contributed by atoms with E-state index in [4.69, 9.17) is 15.2 Å². The number of amides is 3. The lowest BCUT2D eigenvalue weighted by Gasteiger charge is -2.35. The first-order valence-corrected chi connectivity index (χ1v) is 11.8. The van der Waals surface area contributed by atoms with Crippen LogP contribution in [0, 0.1) is 12.3 Å². The first kappa shape index (κ1) is 26.2. The van der Waals surface area contributed by atoms with E-state index in [1.807, 2.05) is 58.0 Å². The van der Waals surface area contributed by atoms with Crippen LogP contribution in [-0.4, -0.2) is 58.1 Å². The molecule has 35 heavy (non-hydrogen) atoms. The molecule has 3 N–H and O–H groups in total. The Balaban J connectivity index is 1.85. The first-order chi connectivity index (χ1) is 16.2. The Labute approximate surface area is 206 Å². The molecule has 1 aromatic heterocycles. The molecule has 0 bridgehead atoms. The highest BCUT2D eigenvalue weighted by atomic mass is 16.6. The zero-order chi connectivity index (χ0) is 26.1. The summed E-state index contributed by atoms with van der Waals surface area (Å²) in [5.41, 5.74) is 5.10. The first-order valence-electron chi connectivity index (χ1n) is 11.8. The molecule has 0 unspecified atom stereocenters. The predicted octanol–water partition coefficient (Wildman–Crippen LogP) is 3.32. The quantitative estimate of drug-likeness (QED) is 0.671. The van der Waals surface area contributed by atoms with Gasteiger partial charge in [0.15, 0.2) is 0 Å². The zero-order valence-electron chi connectivity index (χ0n) is 21.5. The third-order valence-electron chi connectivity index (χ3n) is 5.76. The Morgan fingerprint density at radius 1 is 1.14 bits per heavy atom. The molecule has 1 aromatic carbocycles. The molecule has 0 radical (unpaired) electrons. The normalized spacial score (nSPS) is 19.3. The van der Waals surface area contributed by atoms with Crippen LogP contribution in [0.25, 0.3) is 10.8 Å². The van der Waals surface area contributed by atoms with Crippen molar-refractivity contribution in [2.75, 3.05) is 6.54 Å². The van der Waals surface area contributed by atoms with Crippen LogP contribution >= 0.6 is 0 Å². The Morgan fingerprint density at radius 3 is 2.40 bits per heavy atom. The monoisotopic (exact) mass is 484 g/mol. The number of likely N-dealkylation sites (tertiary alicyclic amines) is 1. The fourth-order valence-electron chi connectivity index (χ4n) is 4.18. The second-order valence-electron chi connectivity index (χ2n) is 11.1. The van der Waals surface area contributed by atoms with Crippen LogP contribution in [0.4, 0.5) is 4.79 Å². The lowest BCUT2D eigenvalue weighted by atomic mass is 9.85. The summed E-state index contributed by atoms with van der Waals surface area (Å²) in [5.74, 6) is -0.598. The van der Waals surface area contributed by atoms with Gasteiger partial charge in [-0.2, -0.15) is 0 Å². The van der Waals surface area contributed by atoms with Crippen LogP contribution in [0.15, 0.2) is 30.3 Å². The maximum atomic E-state index is 13.6. The maximum Gasteiger partial charge on any atom is 0.408 e. The SMILES string of the molecule is Cc1cc2ccccc2c(O[C@@H]2C[C@@H](C(N)=O)N(C(=O)[C@@H](NC(=O)OC(C)(C)C)C(C)(C)C)C2)n1. The molecule has 2 aromatic rings. The third kappa shape index (κ3) is 6.41. The number of nitrogens with one attached hydrogen (secondary N) is 1. The van der Waals surface area contributed by atoms with E-state index < -0.39 is 47.1 Å². The van der Waals surface area contributed by atoms with Crippen LogP contribution in [0.3, 0.4) is 0 Å². The molecule has 3 atom stereocenters. The number of aryl methyl sites for hydroxylation is 1. The number of alkyl carbamates (subject to hydrolysis) is 1. The molecule has 1 saturated heterocycles. The van der Waals surface area contributed by atoms with E-state index in [1.54, 1.807) is 20.8 Å². The van der Waals surface area contributed by atoms with E-state index in [0.29, 0.717) is 5.88 Å². The summed E-state index contributed by atoms with van der Waals surface area (Å²) in [6.45, 7) is 12.8. The Bertz CT molecular complexity index is 1120. The number of nitrogens with two attached hydrogens (primary N) is 1. The summed E-state index contributed by atoms with van der Waals surface area (Å²) in [7, 11) is 0. The van der Waals surface area contributed by atoms with Crippen molar-refractivity contribution < 1.29 is 23.9 Å². The van der Waals surface area contributed by atoms with Crippen molar-refractivity contribution in [2.24, 2.45) is 11.1 Å². The Morgan fingerprint density at radius 2 is 1.80 bits per heavy atom. The number of rotatable bonds is 5. The fourth-order valence-corrected chi connectivity index (χ4v) is 4.18. The molecule has 0 spiro atoms. The molecule has 2 heterocycles. The number of fused-ring (bicyclic) bond motifs is 1. The van der Waals surface area contributed by atoms with Crippen molar-refractivity contribution in [2.45, 2.75) is 78.7 Å². The predicted molar refractivity (Wildman–Crippen MR) is 133 cm³/mol. The molecule has 0 saturated carbocycles. The van der Waals surface area contributed by atoms with Gasteiger partial charge in [0.05, 0.1) is 6.54 Å². The third-order valence-corrected chi connectivity index (χ3v) is 5.76. The smallest absolute Gasteiger partial charge is 0.408 e. The van der Waals surface area contributed by atoms with Gasteiger partial charge < -0.3 is 25.4 Å². The maximum absolute atomic E-state index is 13.6. The van der Waals surface area contributed by atoms with E-state index in [1.165, 1.54) is 4.90 Å². The number of hydrogen-bond acceptors (Lipinski definition) is 6. The van der Waals surface area contributed by atoms with Crippen molar-refractivity contribution in [3.8, 4) is 5.88 Å². The van der Waals surface area contributed by atoms with Crippen LogP contribution < -0.4 is 15.8 Å². The molecule has 1 aliphatic rings. The fraction of sp³-hybridized carbons (Fsp3) is 0.538. The summed E-state index contributed by atoms with van der Waals surface area (Å²) in [6.07, 6.45) is -0.964. The average Bonchev–Trinajstić information content (AvgIpc) is 3.13. The zero-order valence-corrected chi connectivity index (χ0v) is 21.5. The standard InChI is InChI=1S/C26H36N4O5/c1-15-12-16-10-8-9-11-18(16)22(28-15)34-17-13-19(21(27)31)30(14-17)23(32)20(25(2,3)4)29-24(33)35-26(5,6)7/h8-12,17,19-20H,13-14H2,1-7H3,(H2,27,31)(H,29,33)/t17-,19+,20-/m1/s1. The molecular formula is C26H36N4O5. The molecule has 9 nitrogen and oxygen atoms in total. The van der Waals surface area contributed by atoms with Crippen molar-refractivity contribution in [3.63, 3.8) is 0 Å². The number of pyridine rings is 1. The van der Waals surface area contributed by atoms with Gasteiger partial charge in [-0.05, 0) is 50.6 Å². The summed E-state index contributed by atoms with van der Waals surface area (Å²) in [5, 5.41) is 4.52. The van der Waals surface area contributed by atoms with Gasteiger partial charge in [0, 0.05) is 17.5 Å². The number of carbonyl (C=O) groups is 3. The Hall–Kier alpha value is -3.36. The number of nitrogens with zero attached hydrogens (tertiary/aromatic N) is 2. The summed E-state index contributed by atoms with van der Waals surface area (Å²) < 4.78 is 11.6. The minimum absolute atomic E-state index is 0.138. The topological polar surface area (TPSA) is 124 Å². The van der Waals surface area contributed by atoms with Gasteiger partial charge in [0.25, 0.3) is 0 Å². The highest BCUT2D eigenvalue weighted by Crippen LogP contribution is 2.30. The lowest BCUT2D eigenvalue weighted by molar-refractivity contribution is -0.141. The van der Waals surface area contributed by atoms with Crippen molar-refractivity contribution in [3.05, 3.63) is 36.0 Å². The van der Waals surface area contributed by atoms with Gasteiger partial charge in [-0.25, -0.2) is 9.78 Å². The second kappa shape index (κ2) is 9.71. The minimum atomic E-state index is -0.934. The number of benzene rings is 1. The number of carbonyl (C=O) groups excluding carboxylic acids is 3. The minimum Gasteiger partial charge on any atom is -0.472 e. The molecular weight excluding hydrogens is 448 g/mol. The van der Waals surface area contributed by atoms with E-state index in [-0.39, 0.29) is 13.0 Å². The van der Waals surface area contributed by atoms with Crippen LogP contribution in [0.1, 0.15) is 53.7 Å². The lowest BCUT2D eigenvalue weighted by Crippen LogP contribution is -2.58. The van der Waals surface area contributed by atoms with E-state index in [9.17, 15) is 14.4 Å². The van der Waals surface area contributed by atoms with Crippen LogP contribution in [0.5, 0.6) is 5.88 Å². The van der Waals surface area contributed by atoms with Gasteiger partial charge in [0.2, 0.25) is 17.7 Å². The number of hydrogen-bond donors (Lipinski definition) is 2. The Kier molecular flexibility index (Phi) is 7.29. The summed E-state index contributed by atoms with van der Waals surface area (Å²) >= 11 is 0. The van der Waals surface area contributed by atoms with E-state index in [2.05, 4.69) is 10.3 Å². The molecule has 1 fully saturated rings. The summed E-state index contributed by atoms with van der Waals surface area (Å²) in [6, 6.07) is 7.90. The van der Waals surface area contributed by atoms with Gasteiger partial charge in [-0.3, -0.25) is 9.59 Å². The average molecular weight is 485 g/mol. The molecule has 1 aliphatic heterocycles.